The molecule has 0 bridgehead atoms. The van der Waals surface area contributed by atoms with Crippen LogP contribution in [0.5, 0.6) is 0 Å². The topological polar surface area (TPSA) is 264 Å². The summed E-state index contributed by atoms with van der Waals surface area (Å²) in [5.74, 6) is -2.76. The number of nitrogens with one attached hydrogen (secondary N) is 3. The summed E-state index contributed by atoms with van der Waals surface area (Å²) in [5.41, 5.74) is 15.2. The number of anilines is 3. The minimum atomic E-state index is -0.930. The molecule has 4 heterocycles. The van der Waals surface area contributed by atoms with Crippen molar-refractivity contribution in [2.24, 2.45) is 0 Å². The Hall–Kier alpha value is -12.4. The van der Waals surface area contributed by atoms with Crippen LogP contribution in [0.25, 0.3) is 67.2 Å². The highest BCUT2D eigenvalue weighted by Gasteiger charge is 2.36. The van der Waals surface area contributed by atoms with Gasteiger partial charge in [0.05, 0.1) is 70.7 Å². The van der Waals surface area contributed by atoms with E-state index in [4.69, 9.17) is 4.74 Å². The highest BCUT2D eigenvalue weighted by Crippen LogP contribution is 2.47. The Morgan fingerprint density at radius 3 is 0.918 bits per heavy atom. The van der Waals surface area contributed by atoms with E-state index in [1.807, 2.05) is 233 Å². The van der Waals surface area contributed by atoms with Crippen LogP contribution < -0.4 is 16.0 Å². The Balaban J connectivity index is 0.000000179. The van der Waals surface area contributed by atoms with Gasteiger partial charge >= 0.3 is 5.97 Å². The van der Waals surface area contributed by atoms with Crippen molar-refractivity contribution in [2.75, 3.05) is 16.0 Å². The lowest BCUT2D eigenvalue weighted by atomic mass is 9.94. The van der Waals surface area contributed by atoms with Crippen LogP contribution in [0.15, 0.2) is 255 Å². The van der Waals surface area contributed by atoms with Gasteiger partial charge in [0.25, 0.3) is 17.7 Å². The monoisotopic (exact) mass is 1650 g/mol. The standard InChI is InChI=1S/2C34H37FN2O4.C33H33FN2O4/c2*1-22(2)32-31(34(41)36-27-12-8-5-9-13-27)30(24-10-6-4-7-11-24)33(25-14-16-26(35)17-15-25)37(32)19-18-28(39)21-29(40)20-23(3)38;1-21(2)31-30(33(39)35-25-11-7-4-8-12-25)29(22-9-5-3-6-10-22)32(23-13-15-24(34)16-14-23)36(31)18-17-27-19-26(37)20-28(38)40-27/h2*4-17,22,28-29,39-40H,18-21H2,1-3H3,(H,36,41);3-16,21,26-27,37H,17-20H2,1-2H3,(H,35,39)/t2*28-,29+;26-,27-/m111/s1. The van der Waals surface area contributed by atoms with Gasteiger partial charge in [0.1, 0.15) is 35.1 Å². The van der Waals surface area contributed by atoms with Crippen LogP contribution in [-0.4, -0.2) is 111 Å². The number of nitrogens with zero attached hydrogens (tertiary/aromatic N) is 3. The number of aromatic nitrogens is 3. The number of halogens is 3. The number of aliphatic hydroxyl groups excluding tert-OH is 5. The molecule has 0 radical (unpaired) electrons. The van der Waals surface area contributed by atoms with Crippen LogP contribution in [0.3, 0.4) is 0 Å². The number of ketones is 2. The van der Waals surface area contributed by atoms with Crippen molar-refractivity contribution < 1.29 is 72.2 Å². The number of esters is 1. The molecule has 18 nitrogen and oxygen atoms in total. The maximum atomic E-state index is 14.1. The van der Waals surface area contributed by atoms with Gasteiger partial charge in [0.15, 0.2) is 0 Å². The zero-order valence-electron chi connectivity index (χ0n) is 70.0. The van der Waals surface area contributed by atoms with E-state index in [0.29, 0.717) is 66.2 Å². The van der Waals surface area contributed by atoms with E-state index in [2.05, 4.69) is 20.5 Å². The maximum Gasteiger partial charge on any atom is 0.308 e. The highest BCUT2D eigenvalue weighted by atomic mass is 19.1. The second-order valence-electron chi connectivity index (χ2n) is 31.9. The van der Waals surface area contributed by atoms with Crippen molar-refractivity contribution in [3.8, 4) is 67.2 Å². The van der Waals surface area contributed by atoms with Gasteiger partial charge in [0, 0.05) is 96.2 Å². The van der Waals surface area contributed by atoms with E-state index in [1.165, 1.54) is 50.2 Å². The molecule has 1 fully saturated rings. The first-order valence-corrected chi connectivity index (χ1v) is 41.5. The molecular formula is C101H107F3N6O12. The van der Waals surface area contributed by atoms with Crippen molar-refractivity contribution >= 4 is 52.3 Å². The molecule has 13 rings (SSSR count). The third-order valence-corrected chi connectivity index (χ3v) is 21.3. The normalized spacial score (nSPS) is 14.2. The molecule has 122 heavy (non-hydrogen) atoms. The second-order valence-corrected chi connectivity index (χ2v) is 31.9. The Morgan fingerprint density at radius 2 is 0.656 bits per heavy atom. The minimum absolute atomic E-state index is 0.0000536. The summed E-state index contributed by atoms with van der Waals surface area (Å²) in [6, 6.07) is 75.4. The third-order valence-electron chi connectivity index (χ3n) is 21.3. The van der Waals surface area contributed by atoms with Crippen LogP contribution >= 0.6 is 0 Å². The molecule has 0 spiro atoms. The summed E-state index contributed by atoms with van der Waals surface area (Å²) in [6.45, 7) is 16.1. The molecule has 1 saturated heterocycles. The van der Waals surface area contributed by atoms with Crippen LogP contribution in [-0.2, 0) is 38.8 Å². The number of carbonyl (C=O) groups excluding carboxylic acids is 6. The van der Waals surface area contributed by atoms with E-state index in [0.717, 1.165) is 84.2 Å². The summed E-state index contributed by atoms with van der Waals surface area (Å²) in [5, 5.41) is 61.4. The Morgan fingerprint density at radius 1 is 0.385 bits per heavy atom. The number of aliphatic hydroxyl groups is 5. The summed E-state index contributed by atoms with van der Waals surface area (Å²) in [7, 11) is 0. The number of rotatable bonds is 32. The zero-order valence-corrected chi connectivity index (χ0v) is 70.0. The van der Waals surface area contributed by atoms with Crippen molar-refractivity contribution in [3.63, 3.8) is 0 Å². The molecule has 21 heteroatoms. The third kappa shape index (κ3) is 23.4. The quantitative estimate of drug-likeness (QED) is 0.0183. The van der Waals surface area contributed by atoms with Crippen molar-refractivity contribution in [1.29, 1.82) is 0 Å². The Bertz CT molecular complexity index is 5260. The Kier molecular flexibility index (Phi) is 31.7. The van der Waals surface area contributed by atoms with Crippen LogP contribution in [0.2, 0.25) is 0 Å². The number of hydrogen-bond acceptors (Lipinski definition) is 12. The summed E-state index contributed by atoms with van der Waals surface area (Å²) in [4.78, 5) is 77.1. The fourth-order valence-corrected chi connectivity index (χ4v) is 16.2. The molecule has 6 atom stereocenters. The summed E-state index contributed by atoms with van der Waals surface area (Å²) < 4.78 is 53.8. The van der Waals surface area contributed by atoms with Gasteiger partial charge in [-0.05, 0) is 200 Å². The van der Waals surface area contributed by atoms with Crippen molar-refractivity contribution in [2.45, 2.75) is 187 Å². The fraction of sp³-hybridized carbons (Fsp3) is 0.287. The van der Waals surface area contributed by atoms with Gasteiger partial charge < -0.3 is 59.9 Å². The minimum Gasteiger partial charge on any atom is -0.462 e. The van der Waals surface area contributed by atoms with E-state index < -0.39 is 42.6 Å². The zero-order chi connectivity index (χ0) is 87.3. The highest BCUT2D eigenvalue weighted by molar-refractivity contribution is 6.15. The molecule has 8 N–H and O–H groups in total. The smallest absolute Gasteiger partial charge is 0.308 e. The predicted octanol–water partition coefficient (Wildman–Crippen LogP) is 20.4. The number of benzene rings is 9. The number of amides is 3. The fourth-order valence-electron chi connectivity index (χ4n) is 16.2. The van der Waals surface area contributed by atoms with Gasteiger partial charge in [0.2, 0.25) is 0 Å². The van der Waals surface area contributed by atoms with Crippen molar-refractivity contribution in [1.82, 2.24) is 13.7 Å². The summed E-state index contributed by atoms with van der Waals surface area (Å²) >= 11 is 0. The molecule has 0 aliphatic carbocycles. The average molecular weight is 1650 g/mol. The first-order chi connectivity index (χ1) is 58.6. The second kappa shape index (κ2) is 42.7. The SMILES string of the molecule is CC(=O)C[C@H](O)C[C@H](O)CCn1c(-c2ccc(F)cc2)c(-c2ccccc2)c(C(=O)Nc2ccccc2)c1C(C)C.CC(=O)C[C@H](O)C[C@H](O)CCn1c(-c2ccc(F)cc2)c(-c2ccccc2)c(C(=O)Nc2ccccc2)c1C(C)C.CC(C)c1c(C(=O)Nc2ccccc2)c(-c2ccccc2)c(-c2ccc(F)cc2)n1CC[C@@H]1C[C@@H](O)CC(=O)O1. The first kappa shape index (κ1) is 90.4. The number of carbonyl (C=O) groups is 6. The molecule has 1 aliphatic heterocycles. The van der Waals surface area contributed by atoms with Crippen LogP contribution in [0, 0.1) is 17.5 Å². The van der Waals surface area contributed by atoms with Gasteiger partial charge in [-0.2, -0.15) is 0 Å². The van der Waals surface area contributed by atoms with Crippen LogP contribution in [0.4, 0.5) is 30.2 Å². The van der Waals surface area contributed by atoms with Crippen molar-refractivity contribution in [3.05, 3.63) is 306 Å². The van der Waals surface area contributed by atoms with E-state index >= 15 is 0 Å². The molecule has 0 saturated carbocycles. The lowest BCUT2D eigenvalue weighted by molar-refractivity contribution is -0.160. The molecule has 9 aromatic carbocycles. The van der Waals surface area contributed by atoms with Gasteiger partial charge in [-0.25, -0.2) is 13.2 Å². The average Bonchev–Trinajstić information content (AvgIpc) is 1.60. The van der Waals surface area contributed by atoms with Crippen LogP contribution in [0.1, 0.15) is 179 Å². The summed E-state index contributed by atoms with van der Waals surface area (Å²) in [6.07, 6.45) is -3.27. The molecule has 0 unspecified atom stereocenters. The molecule has 634 valence electrons. The number of hydrogen-bond donors (Lipinski definition) is 8. The number of cyclic esters (lactones) is 1. The lowest BCUT2D eigenvalue weighted by Crippen LogP contribution is -2.33. The number of para-hydroxylation sites is 3. The van der Waals surface area contributed by atoms with E-state index in [1.54, 1.807) is 36.4 Å². The van der Waals surface area contributed by atoms with Gasteiger partial charge in [-0.15, -0.1) is 0 Å². The van der Waals surface area contributed by atoms with Gasteiger partial charge in [-0.1, -0.05) is 187 Å². The van der Waals surface area contributed by atoms with Gasteiger partial charge in [-0.3, -0.25) is 28.8 Å². The first-order valence-electron chi connectivity index (χ1n) is 41.5. The molecule has 3 amide bonds. The Labute approximate surface area is 710 Å². The molecule has 3 aromatic heterocycles. The maximum absolute atomic E-state index is 14.1. The molecule has 12 aromatic rings. The molecule has 1 aliphatic rings. The molecular weight excluding hydrogens is 1550 g/mol. The lowest BCUT2D eigenvalue weighted by Gasteiger charge is -2.27. The van der Waals surface area contributed by atoms with E-state index in [9.17, 15) is 67.5 Å². The van der Waals surface area contributed by atoms with E-state index in [-0.39, 0.29) is 109 Å². The largest absolute Gasteiger partial charge is 0.462 e. The number of Topliss-reactive ketones (excluding diaryl/α,β-unsaturated/α-hetero) is 2. The number of ether oxygens (including phenoxy) is 1. The predicted molar refractivity (Wildman–Crippen MR) is 474 cm³/mol.